The molecule has 0 saturated carbocycles. The minimum absolute atomic E-state index is 0.115. The van der Waals surface area contributed by atoms with E-state index in [1.54, 1.807) is 11.0 Å². The van der Waals surface area contributed by atoms with E-state index >= 15 is 0 Å². The van der Waals surface area contributed by atoms with Crippen molar-refractivity contribution in [2.24, 2.45) is 0 Å². The maximum Gasteiger partial charge on any atom is 0.241 e. The van der Waals surface area contributed by atoms with Crippen molar-refractivity contribution >= 4 is 15.9 Å². The Hall–Kier alpha value is -1.66. The molecule has 1 atom stereocenters. The lowest BCUT2D eigenvalue weighted by Crippen LogP contribution is -2.53. The van der Waals surface area contributed by atoms with Gasteiger partial charge in [-0.2, -0.15) is 4.31 Å². The molecule has 0 spiro atoms. The van der Waals surface area contributed by atoms with Crippen LogP contribution < -0.4 is 0 Å². The van der Waals surface area contributed by atoms with Crippen LogP contribution in [0.2, 0.25) is 0 Å². The standard InChI is InChI=1S/C18H26N2O3S/c1-3-13-19(15-12-16-9-5-4-6-10-16)18(21)17-11-7-8-14-20(17)24(2,22)23/h3-6,9-10,17H,1,7-8,11-15H2,2H3. The van der Waals surface area contributed by atoms with Gasteiger partial charge in [-0.25, -0.2) is 8.42 Å². The van der Waals surface area contributed by atoms with Gasteiger partial charge in [0.05, 0.1) is 6.26 Å². The minimum Gasteiger partial charge on any atom is -0.337 e. The summed E-state index contributed by atoms with van der Waals surface area (Å²) in [4.78, 5) is 14.7. The molecule has 5 nitrogen and oxygen atoms in total. The maximum atomic E-state index is 12.9. The first-order valence-electron chi connectivity index (χ1n) is 8.34. The topological polar surface area (TPSA) is 57.7 Å². The van der Waals surface area contributed by atoms with Crippen LogP contribution in [0.3, 0.4) is 0 Å². The van der Waals surface area contributed by atoms with E-state index in [0.29, 0.717) is 26.1 Å². The number of rotatable bonds is 7. The second-order valence-corrected chi connectivity index (χ2v) is 8.13. The zero-order valence-corrected chi connectivity index (χ0v) is 15.0. The molecule has 1 heterocycles. The third kappa shape index (κ3) is 4.92. The van der Waals surface area contributed by atoms with Gasteiger partial charge >= 0.3 is 0 Å². The average molecular weight is 350 g/mol. The van der Waals surface area contributed by atoms with Crippen molar-refractivity contribution in [2.75, 3.05) is 25.9 Å². The van der Waals surface area contributed by atoms with Crippen molar-refractivity contribution in [3.05, 3.63) is 48.6 Å². The summed E-state index contributed by atoms with van der Waals surface area (Å²) in [5.41, 5.74) is 1.16. The van der Waals surface area contributed by atoms with Crippen LogP contribution >= 0.6 is 0 Å². The summed E-state index contributed by atoms with van der Waals surface area (Å²) >= 11 is 0. The fourth-order valence-electron chi connectivity index (χ4n) is 3.12. The number of piperidine rings is 1. The predicted molar refractivity (Wildman–Crippen MR) is 96.1 cm³/mol. The van der Waals surface area contributed by atoms with E-state index in [4.69, 9.17) is 0 Å². The van der Waals surface area contributed by atoms with Gasteiger partial charge in [0.25, 0.3) is 0 Å². The molecule has 0 aliphatic carbocycles. The quantitative estimate of drug-likeness (QED) is 0.707. The van der Waals surface area contributed by atoms with E-state index < -0.39 is 16.1 Å². The molecule has 2 rings (SSSR count). The molecule has 0 radical (unpaired) electrons. The van der Waals surface area contributed by atoms with Crippen LogP contribution in [-0.2, 0) is 21.2 Å². The van der Waals surface area contributed by atoms with Crippen LogP contribution in [0.1, 0.15) is 24.8 Å². The van der Waals surface area contributed by atoms with E-state index in [0.717, 1.165) is 24.8 Å². The molecule has 132 valence electrons. The highest BCUT2D eigenvalue weighted by atomic mass is 32.2. The third-order valence-corrected chi connectivity index (χ3v) is 5.63. The summed E-state index contributed by atoms with van der Waals surface area (Å²) in [7, 11) is -3.38. The van der Waals surface area contributed by atoms with Crippen molar-refractivity contribution in [3.8, 4) is 0 Å². The molecule has 1 aromatic carbocycles. The number of benzene rings is 1. The molecular formula is C18H26N2O3S. The molecule has 1 amide bonds. The lowest BCUT2D eigenvalue weighted by Gasteiger charge is -2.36. The highest BCUT2D eigenvalue weighted by molar-refractivity contribution is 7.88. The second-order valence-electron chi connectivity index (χ2n) is 6.19. The molecular weight excluding hydrogens is 324 g/mol. The maximum absolute atomic E-state index is 12.9. The van der Waals surface area contributed by atoms with Gasteiger partial charge in [0.15, 0.2) is 0 Å². The first kappa shape index (κ1) is 18.7. The zero-order chi connectivity index (χ0) is 17.6. The van der Waals surface area contributed by atoms with Crippen LogP contribution in [-0.4, -0.2) is 55.5 Å². The lowest BCUT2D eigenvalue weighted by atomic mass is 10.0. The molecule has 24 heavy (non-hydrogen) atoms. The Morgan fingerprint density at radius 1 is 1.33 bits per heavy atom. The Bertz CT molecular complexity index is 658. The summed E-state index contributed by atoms with van der Waals surface area (Å²) in [5.74, 6) is -0.115. The summed E-state index contributed by atoms with van der Waals surface area (Å²) in [6, 6.07) is 9.38. The van der Waals surface area contributed by atoms with Crippen LogP contribution in [0.25, 0.3) is 0 Å². The van der Waals surface area contributed by atoms with E-state index in [1.807, 2.05) is 30.3 Å². The van der Waals surface area contributed by atoms with Gasteiger partial charge < -0.3 is 4.90 Å². The Labute approximate surface area is 145 Å². The number of carbonyl (C=O) groups is 1. The summed E-state index contributed by atoms with van der Waals surface area (Å²) in [6.07, 6.45) is 5.89. The number of hydrogen-bond acceptors (Lipinski definition) is 3. The number of hydrogen-bond donors (Lipinski definition) is 0. The molecule has 1 aromatic rings. The third-order valence-electron chi connectivity index (χ3n) is 4.34. The first-order valence-corrected chi connectivity index (χ1v) is 10.2. The molecule has 0 N–H and O–H groups in total. The highest BCUT2D eigenvalue weighted by Gasteiger charge is 2.36. The predicted octanol–water partition coefficient (Wildman–Crippen LogP) is 2.06. The van der Waals surface area contributed by atoms with E-state index in [-0.39, 0.29) is 5.91 Å². The molecule has 1 saturated heterocycles. The van der Waals surface area contributed by atoms with Gasteiger partial charge in [-0.1, -0.05) is 42.8 Å². The fourth-order valence-corrected chi connectivity index (χ4v) is 4.23. The van der Waals surface area contributed by atoms with Crippen LogP contribution in [0, 0.1) is 0 Å². The van der Waals surface area contributed by atoms with Gasteiger partial charge in [-0.15, -0.1) is 6.58 Å². The molecule has 6 heteroatoms. The molecule has 1 aliphatic heterocycles. The lowest BCUT2D eigenvalue weighted by molar-refractivity contribution is -0.135. The van der Waals surface area contributed by atoms with Gasteiger partial charge in [-0.3, -0.25) is 4.79 Å². The monoisotopic (exact) mass is 350 g/mol. The smallest absolute Gasteiger partial charge is 0.241 e. The second kappa shape index (κ2) is 8.44. The van der Waals surface area contributed by atoms with Crippen molar-refractivity contribution in [3.63, 3.8) is 0 Å². The number of nitrogens with zero attached hydrogens (tertiary/aromatic N) is 2. The summed E-state index contributed by atoms with van der Waals surface area (Å²) in [5, 5.41) is 0. The van der Waals surface area contributed by atoms with Crippen molar-refractivity contribution in [1.29, 1.82) is 0 Å². The number of sulfonamides is 1. The number of carbonyl (C=O) groups excluding carboxylic acids is 1. The van der Waals surface area contributed by atoms with Crippen LogP contribution in [0.15, 0.2) is 43.0 Å². The zero-order valence-electron chi connectivity index (χ0n) is 14.2. The first-order chi connectivity index (χ1) is 11.4. The van der Waals surface area contributed by atoms with Gasteiger partial charge in [0.1, 0.15) is 6.04 Å². The molecule has 1 unspecified atom stereocenters. The van der Waals surface area contributed by atoms with Crippen LogP contribution in [0.4, 0.5) is 0 Å². The Balaban J connectivity index is 2.10. The normalized spacial score (nSPS) is 19.0. The largest absolute Gasteiger partial charge is 0.337 e. The Morgan fingerprint density at radius 3 is 2.67 bits per heavy atom. The highest BCUT2D eigenvalue weighted by Crippen LogP contribution is 2.22. The molecule has 1 fully saturated rings. The van der Waals surface area contributed by atoms with Gasteiger partial charge in [0, 0.05) is 19.6 Å². The minimum atomic E-state index is -3.38. The van der Waals surface area contributed by atoms with E-state index in [9.17, 15) is 13.2 Å². The van der Waals surface area contributed by atoms with E-state index in [1.165, 1.54) is 10.6 Å². The van der Waals surface area contributed by atoms with Gasteiger partial charge in [-0.05, 0) is 24.8 Å². The van der Waals surface area contributed by atoms with Gasteiger partial charge in [0.2, 0.25) is 15.9 Å². The summed E-state index contributed by atoms with van der Waals surface area (Å²) < 4.78 is 25.4. The molecule has 0 aromatic heterocycles. The van der Waals surface area contributed by atoms with Crippen molar-refractivity contribution in [2.45, 2.75) is 31.7 Å². The van der Waals surface area contributed by atoms with Crippen molar-refractivity contribution in [1.82, 2.24) is 9.21 Å². The Kier molecular flexibility index (Phi) is 6.57. The summed E-state index contributed by atoms with van der Waals surface area (Å²) in [6.45, 7) is 5.14. The average Bonchev–Trinajstić information content (AvgIpc) is 2.58. The number of amides is 1. The van der Waals surface area contributed by atoms with Crippen molar-refractivity contribution < 1.29 is 13.2 Å². The van der Waals surface area contributed by atoms with E-state index in [2.05, 4.69) is 6.58 Å². The molecule has 0 bridgehead atoms. The van der Waals surface area contributed by atoms with Crippen LogP contribution in [0.5, 0.6) is 0 Å². The SMILES string of the molecule is C=CCN(CCc1ccccc1)C(=O)C1CCCCN1S(C)(=O)=O. The molecule has 1 aliphatic rings. The fraction of sp³-hybridized carbons (Fsp3) is 0.500. The Morgan fingerprint density at radius 2 is 2.04 bits per heavy atom.